The normalized spacial score (nSPS) is 18.9. The Kier molecular flexibility index (Phi) is 8.72. The van der Waals surface area contributed by atoms with Gasteiger partial charge in [0.1, 0.15) is 11.5 Å². The first-order valence-electron chi connectivity index (χ1n) is 13.9. The molecule has 12 nitrogen and oxygen atoms in total. The maximum Gasteiger partial charge on any atom is 0.338 e. The summed E-state index contributed by atoms with van der Waals surface area (Å²) in [4.78, 5) is 45.4. The maximum absolute atomic E-state index is 13.4. The number of methoxy groups -OCH3 is 2. The van der Waals surface area contributed by atoms with Crippen molar-refractivity contribution in [1.29, 1.82) is 0 Å². The molecule has 224 valence electrons. The van der Waals surface area contributed by atoms with Gasteiger partial charge in [0.15, 0.2) is 11.5 Å². The van der Waals surface area contributed by atoms with E-state index >= 15 is 0 Å². The smallest absolute Gasteiger partial charge is 0.338 e. The van der Waals surface area contributed by atoms with Crippen molar-refractivity contribution < 1.29 is 38.1 Å². The molecule has 3 heterocycles. The van der Waals surface area contributed by atoms with E-state index in [1.54, 1.807) is 57.5 Å². The number of esters is 1. The summed E-state index contributed by atoms with van der Waals surface area (Å²) in [7, 11) is 4.72. The van der Waals surface area contributed by atoms with E-state index in [-0.39, 0.29) is 25.3 Å². The Morgan fingerprint density at radius 1 is 1.00 bits per heavy atom. The fraction of sp³-hybridized carbons (Fsp3) is 0.433. The summed E-state index contributed by atoms with van der Waals surface area (Å²) in [5, 5.41) is 2.94. The summed E-state index contributed by atoms with van der Waals surface area (Å²) < 4.78 is 27.2. The molecule has 3 amide bonds. The van der Waals surface area contributed by atoms with Crippen LogP contribution in [0.4, 0.5) is 4.79 Å². The number of hydrogen-bond acceptors (Lipinski definition) is 9. The second-order valence-corrected chi connectivity index (χ2v) is 10.1. The van der Waals surface area contributed by atoms with Gasteiger partial charge in [-0.05, 0) is 43.7 Å². The molecule has 5 rings (SSSR count). The van der Waals surface area contributed by atoms with Crippen molar-refractivity contribution in [3.05, 3.63) is 58.8 Å². The zero-order valence-corrected chi connectivity index (χ0v) is 24.3. The van der Waals surface area contributed by atoms with Crippen LogP contribution in [0.5, 0.6) is 23.0 Å². The maximum atomic E-state index is 13.4. The number of likely N-dealkylation sites (N-methyl/N-ethyl adjacent to an activating group) is 1. The van der Waals surface area contributed by atoms with Gasteiger partial charge in [0.25, 0.3) is 5.91 Å². The summed E-state index contributed by atoms with van der Waals surface area (Å²) in [5.41, 5.74) is 2.02. The van der Waals surface area contributed by atoms with E-state index in [1.807, 2.05) is 4.90 Å². The van der Waals surface area contributed by atoms with Crippen LogP contribution in [0, 0.1) is 0 Å². The third-order valence-electron chi connectivity index (χ3n) is 7.69. The fourth-order valence-corrected chi connectivity index (χ4v) is 5.44. The van der Waals surface area contributed by atoms with Crippen LogP contribution in [0.2, 0.25) is 0 Å². The van der Waals surface area contributed by atoms with Gasteiger partial charge < -0.3 is 33.9 Å². The summed E-state index contributed by atoms with van der Waals surface area (Å²) >= 11 is 0. The van der Waals surface area contributed by atoms with Crippen LogP contribution in [0.15, 0.2) is 47.7 Å². The molecule has 42 heavy (non-hydrogen) atoms. The quantitative estimate of drug-likeness (QED) is 0.470. The lowest BCUT2D eigenvalue weighted by Gasteiger charge is -2.37. The Hall–Kier alpha value is -4.45. The molecule has 0 spiro atoms. The lowest BCUT2D eigenvalue weighted by atomic mass is 9.93. The number of nitrogens with zero attached hydrogens (tertiary/aromatic N) is 3. The van der Waals surface area contributed by atoms with Crippen LogP contribution in [0.25, 0.3) is 0 Å². The number of fused-ring (bicyclic) bond motifs is 1. The number of benzene rings is 2. The van der Waals surface area contributed by atoms with Crippen LogP contribution in [0.3, 0.4) is 0 Å². The SMILES string of the molecule is CCOC(=O)C1=C(CN2CCCN(C(=O)c3ccc4c(c3)OCO4)CC2)N(C)C(=O)NC1c1ccc(OC)cc1OC. The topological polar surface area (TPSA) is 119 Å². The molecular formula is C30H36N4O8. The van der Waals surface area contributed by atoms with Gasteiger partial charge >= 0.3 is 12.0 Å². The number of ether oxygens (including phenoxy) is 5. The molecule has 3 aliphatic heterocycles. The third-order valence-corrected chi connectivity index (χ3v) is 7.69. The number of nitrogens with one attached hydrogen (secondary N) is 1. The van der Waals surface area contributed by atoms with Gasteiger partial charge in [-0.1, -0.05) is 0 Å². The van der Waals surface area contributed by atoms with Crippen molar-refractivity contribution in [2.24, 2.45) is 0 Å². The van der Waals surface area contributed by atoms with Gasteiger partial charge in [-0.2, -0.15) is 0 Å². The lowest BCUT2D eigenvalue weighted by molar-refractivity contribution is -0.139. The fourth-order valence-electron chi connectivity index (χ4n) is 5.44. The highest BCUT2D eigenvalue weighted by Crippen LogP contribution is 2.38. The van der Waals surface area contributed by atoms with Crippen LogP contribution in [0.1, 0.15) is 35.3 Å². The van der Waals surface area contributed by atoms with Crippen LogP contribution in [-0.2, 0) is 9.53 Å². The van der Waals surface area contributed by atoms with E-state index in [0.717, 1.165) is 6.42 Å². The molecule has 0 saturated carbocycles. The number of urea groups is 1. The van der Waals surface area contributed by atoms with Crippen molar-refractivity contribution in [3.63, 3.8) is 0 Å². The van der Waals surface area contributed by atoms with Gasteiger partial charge in [0.2, 0.25) is 6.79 Å². The summed E-state index contributed by atoms with van der Waals surface area (Å²) in [5.74, 6) is 1.65. The number of carbonyl (C=O) groups excluding carboxylic acids is 3. The van der Waals surface area contributed by atoms with E-state index < -0.39 is 12.0 Å². The minimum absolute atomic E-state index is 0.0811. The van der Waals surface area contributed by atoms with Gasteiger partial charge in [-0.15, -0.1) is 0 Å². The molecule has 3 aliphatic rings. The van der Waals surface area contributed by atoms with E-state index in [2.05, 4.69) is 10.2 Å². The van der Waals surface area contributed by atoms with Crippen LogP contribution >= 0.6 is 0 Å². The van der Waals surface area contributed by atoms with Crippen molar-refractivity contribution in [1.82, 2.24) is 20.0 Å². The van der Waals surface area contributed by atoms with Gasteiger partial charge in [-0.25, -0.2) is 9.59 Å². The Balaban J connectivity index is 1.40. The molecule has 1 fully saturated rings. The third kappa shape index (κ3) is 5.80. The second-order valence-electron chi connectivity index (χ2n) is 10.1. The largest absolute Gasteiger partial charge is 0.497 e. The minimum Gasteiger partial charge on any atom is -0.497 e. The average Bonchev–Trinajstić information content (AvgIpc) is 3.35. The highest BCUT2D eigenvalue weighted by atomic mass is 16.7. The molecule has 1 saturated heterocycles. The van der Waals surface area contributed by atoms with E-state index in [0.29, 0.717) is 78.1 Å². The standard InChI is InChI=1S/C30H36N4O8/c1-5-40-29(36)26-22(32(2)30(37)31-27(26)21-9-8-20(38-3)16-24(21)39-4)17-33-11-6-12-34(14-13-33)28(35)19-7-10-23-25(15-19)42-18-41-23/h7-10,15-16,27H,5-6,11-14,17-18H2,1-4H3,(H,31,37). The summed E-state index contributed by atoms with van der Waals surface area (Å²) in [6.07, 6.45) is 0.726. The van der Waals surface area contributed by atoms with Crippen LogP contribution in [-0.4, -0.2) is 100.0 Å². The number of amides is 3. The van der Waals surface area contributed by atoms with Crippen molar-refractivity contribution in [3.8, 4) is 23.0 Å². The first-order chi connectivity index (χ1) is 20.3. The number of rotatable bonds is 8. The van der Waals surface area contributed by atoms with E-state index in [4.69, 9.17) is 23.7 Å². The Labute approximate surface area is 244 Å². The zero-order chi connectivity index (χ0) is 29.8. The minimum atomic E-state index is -0.792. The van der Waals surface area contributed by atoms with Crippen LogP contribution < -0.4 is 24.3 Å². The Morgan fingerprint density at radius 3 is 2.57 bits per heavy atom. The van der Waals surface area contributed by atoms with Gasteiger partial charge in [-0.3, -0.25) is 14.6 Å². The summed E-state index contributed by atoms with van der Waals surface area (Å²) in [6, 6.07) is 9.31. The average molecular weight is 581 g/mol. The molecule has 0 radical (unpaired) electrons. The molecule has 12 heteroatoms. The molecule has 0 aliphatic carbocycles. The van der Waals surface area contributed by atoms with Crippen molar-refractivity contribution in [2.45, 2.75) is 19.4 Å². The zero-order valence-electron chi connectivity index (χ0n) is 24.3. The molecule has 0 bridgehead atoms. The lowest BCUT2D eigenvalue weighted by Crippen LogP contribution is -2.49. The molecule has 0 aromatic heterocycles. The van der Waals surface area contributed by atoms with Crippen molar-refractivity contribution >= 4 is 17.9 Å². The molecular weight excluding hydrogens is 544 g/mol. The number of carbonyl (C=O) groups is 3. The first kappa shape index (κ1) is 29.1. The molecule has 2 aromatic carbocycles. The van der Waals surface area contributed by atoms with Gasteiger partial charge in [0.05, 0.1) is 32.4 Å². The highest BCUT2D eigenvalue weighted by Gasteiger charge is 2.39. The van der Waals surface area contributed by atoms with Crippen molar-refractivity contribution in [2.75, 3.05) is 67.4 Å². The monoisotopic (exact) mass is 580 g/mol. The predicted molar refractivity (Wildman–Crippen MR) is 152 cm³/mol. The predicted octanol–water partition coefficient (Wildman–Crippen LogP) is 2.79. The second kappa shape index (κ2) is 12.6. The summed E-state index contributed by atoms with van der Waals surface area (Å²) in [6.45, 7) is 4.69. The molecule has 1 unspecified atom stereocenters. The van der Waals surface area contributed by atoms with Gasteiger partial charge in [0, 0.05) is 62.7 Å². The molecule has 1 atom stereocenters. The Morgan fingerprint density at radius 2 is 1.81 bits per heavy atom. The van der Waals surface area contributed by atoms with E-state index in [9.17, 15) is 14.4 Å². The first-order valence-corrected chi connectivity index (χ1v) is 13.9. The number of hydrogen-bond donors (Lipinski definition) is 1. The Bertz CT molecular complexity index is 1390. The highest BCUT2D eigenvalue weighted by molar-refractivity contribution is 5.96. The molecule has 1 N–H and O–H groups in total. The van der Waals surface area contributed by atoms with E-state index in [1.165, 1.54) is 12.0 Å². The molecule has 2 aromatic rings.